The minimum atomic E-state index is -1.98. The molecular formula is C69H127NO18. The van der Waals surface area contributed by atoms with Crippen LogP contribution in [0, 0.1) is 0 Å². The van der Waals surface area contributed by atoms with Crippen molar-refractivity contribution in [1.29, 1.82) is 0 Å². The number of hydrogen-bond acceptors (Lipinski definition) is 18. The lowest BCUT2D eigenvalue weighted by atomic mass is 9.96. The summed E-state index contributed by atoms with van der Waals surface area (Å²) in [7, 11) is 0. The van der Waals surface area contributed by atoms with E-state index in [4.69, 9.17) is 28.4 Å². The molecule has 88 heavy (non-hydrogen) atoms. The van der Waals surface area contributed by atoms with Crippen molar-refractivity contribution in [2.75, 3.05) is 26.4 Å². The number of hydrogen-bond donors (Lipinski definition) is 12. The zero-order chi connectivity index (χ0) is 64.0. The highest BCUT2D eigenvalue weighted by molar-refractivity contribution is 5.76. The summed E-state index contributed by atoms with van der Waals surface area (Å²) in [6, 6.07) is -0.993. The van der Waals surface area contributed by atoms with Crippen LogP contribution in [0.3, 0.4) is 0 Å². The van der Waals surface area contributed by atoms with Gasteiger partial charge in [-0.2, -0.15) is 0 Å². The molecule has 17 unspecified atom stereocenters. The van der Waals surface area contributed by atoms with E-state index in [2.05, 4.69) is 43.5 Å². The highest BCUT2D eigenvalue weighted by Gasteiger charge is 2.53. The van der Waals surface area contributed by atoms with E-state index in [1.165, 1.54) is 173 Å². The summed E-state index contributed by atoms with van der Waals surface area (Å²) < 4.78 is 34.3. The molecule has 0 radical (unpaired) electrons. The minimum absolute atomic E-state index is 0.225. The number of carbonyl (C=O) groups is 1. The Hall–Kier alpha value is -1.99. The normalized spacial score (nSPS) is 28.6. The first-order chi connectivity index (χ1) is 42.8. The Morgan fingerprint density at radius 3 is 1.16 bits per heavy atom. The first kappa shape index (κ1) is 80.2. The maximum absolute atomic E-state index is 13.3. The molecule has 0 aromatic carbocycles. The molecule has 3 fully saturated rings. The van der Waals surface area contributed by atoms with Gasteiger partial charge in [0.2, 0.25) is 5.91 Å². The molecule has 3 aliphatic heterocycles. The second kappa shape index (κ2) is 51.4. The number of ether oxygens (including phenoxy) is 6. The lowest BCUT2D eigenvalue weighted by Gasteiger charge is -2.48. The standard InChI is InChI=1S/C69H127NO18/c1-3-5-7-9-11-13-15-17-18-19-20-21-22-23-24-25-26-27-28-29-30-31-32-33-34-35-36-38-40-42-44-46-53(74)52(70-57(75)47-45-43-41-39-37-16-14-12-10-8-6-4-2)51-83-67-63(81)60(78)65(55(49-72)85-67)88-69-64(82)61(79)66(56(50-73)86-69)87-68-62(80)59(77)58(76)54(48-71)84-68/h12,14,36,38,44,46,52-56,58-69,71-74,76-82H,3-11,13,15-35,37,39-43,45,47-51H2,1-2H3,(H,70,75)/b14-12-,38-36+,46-44+. The van der Waals surface area contributed by atoms with Crippen LogP contribution < -0.4 is 5.32 Å². The molecule has 3 aliphatic rings. The van der Waals surface area contributed by atoms with Crippen molar-refractivity contribution in [3.8, 4) is 0 Å². The average Bonchev–Trinajstić information content (AvgIpc) is 1.88. The third-order valence-corrected chi connectivity index (χ3v) is 17.7. The second-order valence-corrected chi connectivity index (χ2v) is 25.3. The molecule has 0 aromatic rings. The van der Waals surface area contributed by atoms with Gasteiger partial charge in [-0.15, -0.1) is 0 Å². The highest BCUT2D eigenvalue weighted by Crippen LogP contribution is 2.33. The molecule has 1 amide bonds. The fourth-order valence-electron chi connectivity index (χ4n) is 11.9. The van der Waals surface area contributed by atoms with Crippen molar-refractivity contribution in [2.24, 2.45) is 0 Å². The van der Waals surface area contributed by atoms with Crippen LogP contribution in [0.5, 0.6) is 0 Å². The van der Waals surface area contributed by atoms with Crippen molar-refractivity contribution < 1.29 is 89.4 Å². The molecule has 19 nitrogen and oxygen atoms in total. The number of amides is 1. The van der Waals surface area contributed by atoms with Gasteiger partial charge in [0, 0.05) is 6.42 Å². The average molecular weight is 1260 g/mol. The Morgan fingerprint density at radius 2 is 0.727 bits per heavy atom. The molecule has 3 heterocycles. The number of rotatable bonds is 54. The zero-order valence-electron chi connectivity index (χ0n) is 54.5. The van der Waals surface area contributed by atoms with Gasteiger partial charge in [-0.05, 0) is 57.8 Å². The third kappa shape index (κ3) is 33.2. The number of nitrogens with one attached hydrogen (secondary N) is 1. The van der Waals surface area contributed by atoms with Gasteiger partial charge in [-0.3, -0.25) is 4.79 Å². The minimum Gasteiger partial charge on any atom is -0.394 e. The first-order valence-electron chi connectivity index (χ1n) is 35.2. The van der Waals surface area contributed by atoms with Crippen molar-refractivity contribution >= 4 is 5.91 Å². The van der Waals surface area contributed by atoms with E-state index in [0.29, 0.717) is 12.8 Å². The predicted molar refractivity (Wildman–Crippen MR) is 342 cm³/mol. The highest BCUT2D eigenvalue weighted by atomic mass is 16.8. The molecule has 516 valence electrons. The molecule has 0 aromatic heterocycles. The van der Waals surface area contributed by atoms with Gasteiger partial charge in [-0.25, -0.2) is 0 Å². The summed E-state index contributed by atoms with van der Waals surface area (Å²) in [5.74, 6) is -0.294. The molecule has 0 aliphatic carbocycles. The monoisotopic (exact) mass is 1260 g/mol. The maximum Gasteiger partial charge on any atom is 0.220 e. The van der Waals surface area contributed by atoms with E-state index < -0.39 is 124 Å². The van der Waals surface area contributed by atoms with E-state index in [9.17, 15) is 61.0 Å². The van der Waals surface area contributed by atoms with Crippen molar-refractivity contribution in [1.82, 2.24) is 5.32 Å². The van der Waals surface area contributed by atoms with Gasteiger partial charge in [0.05, 0.1) is 38.6 Å². The number of aliphatic hydroxyl groups is 11. The van der Waals surface area contributed by atoms with Crippen LogP contribution in [-0.4, -0.2) is 193 Å². The summed E-state index contributed by atoms with van der Waals surface area (Å²) in [6.45, 7) is 1.69. The molecule has 17 atom stereocenters. The topological polar surface area (TPSA) is 307 Å². The third-order valence-electron chi connectivity index (χ3n) is 17.7. The number of unbranched alkanes of at least 4 members (excludes halogenated alkanes) is 34. The summed E-state index contributed by atoms with van der Waals surface area (Å²) in [6.07, 6.45) is 33.0. The van der Waals surface area contributed by atoms with Gasteiger partial charge in [0.25, 0.3) is 0 Å². The second-order valence-electron chi connectivity index (χ2n) is 25.3. The van der Waals surface area contributed by atoms with Crippen LogP contribution in [0.2, 0.25) is 0 Å². The molecular weight excluding hydrogens is 1130 g/mol. The van der Waals surface area contributed by atoms with Crippen LogP contribution in [0.15, 0.2) is 36.5 Å². The number of allylic oxidation sites excluding steroid dienone is 5. The van der Waals surface area contributed by atoms with Gasteiger partial charge in [-0.1, -0.05) is 237 Å². The molecule has 0 saturated carbocycles. The fourth-order valence-corrected chi connectivity index (χ4v) is 11.9. The summed E-state index contributed by atoms with van der Waals surface area (Å²) in [4.78, 5) is 13.3. The quantitative estimate of drug-likeness (QED) is 0.0199. The van der Waals surface area contributed by atoms with Crippen molar-refractivity contribution in [3.63, 3.8) is 0 Å². The molecule has 3 rings (SSSR count). The summed E-state index contributed by atoms with van der Waals surface area (Å²) in [5.41, 5.74) is 0. The zero-order valence-corrected chi connectivity index (χ0v) is 54.5. The Morgan fingerprint density at radius 1 is 0.398 bits per heavy atom. The lowest BCUT2D eigenvalue weighted by molar-refractivity contribution is -0.379. The van der Waals surface area contributed by atoms with E-state index in [1.807, 2.05) is 6.08 Å². The van der Waals surface area contributed by atoms with Crippen LogP contribution >= 0.6 is 0 Å². The van der Waals surface area contributed by atoms with Crippen LogP contribution in [-0.2, 0) is 33.2 Å². The van der Waals surface area contributed by atoms with Gasteiger partial charge >= 0.3 is 0 Å². The molecule has 3 saturated heterocycles. The smallest absolute Gasteiger partial charge is 0.220 e. The van der Waals surface area contributed by atoms with Crippen molar-refractivity contribution in [3.05, 3.63) is 36.5 Å². The molecule has 12 N–H and O–H groups in total. The van der Waals surface area contributed by atoms with E-state index >= 15 is 0 Å². The number of carbonyl (C=O) groups excluding carboxylic acids is 1. The van der Waals surface area contributed by atoms with Crippen LogP contribution in [0.1, 0.15) is 264 Å². The Kier molecular flexibility index (Phi) is 46.9. The summed E-state index contributed by atoms with van der Waals surface area (Å²) in [5, 5.41) is 120. The SMILES string of the molecule is CCCCC/C=C\CCCCCCCC(=O)NC(COC1OC(CO)C(OC2OC(CO)C(OC3OC(CO)C(O)C(O)C3O)C(O)C2O)C(O)C1O)C(O)/C=C/CC/C=C/CCCCCCCCCCCCCCCCCCCCCCCCCCC. The van der Waals surface area contributed by atoms with E-state index in [-0.39, 0.29) is 18.9 Å². The largest absolute Gasteiger partial charge is 0.394 e. The van der Waals surface area contributed by atoms with Gasteiger partial charge < -0.3 is 89.9 Å². The van der Waals surface area contributed by atoms with Crippen molar-refractivity contribution in [2.45, 2.75) is 369 Å². The van der Waals surface area contributed by atoms with Gasteiger partial charge in [0.15, 0.2) is 18.9 Å². The molecule has 0 bridgehead atoms. The maximum atomic E-state index is 13.3. The fraction of sp³-hybridized carbons (Fsp3) is 0.899. The number of aliphatic hydroxyl groups excluding tert-OH is 11. The molecule has 0 spiro atoms. The predicted octanol–water partition coefficient (Wildman–Crippen LogP) is 9.22. The summed E-state index contributed by atoms with van der Waals surface area (Å²) >= 11 is 0. The van der Waals surface area contributed by atoms with E-state index in [0.717, 1.165) is 57.8 Å². The Bertz CT molecular complexity index is 1740. The first-order valence-corrected chi connectivity index (χ1v) is 35.2. The van der Waals surface area contributed by atoms with E-state index in [1.54, 1.807) is 6.08 Å². The van der Waals surface area contributed by atoms with Gasteiger partial charge in [0.1, 0.15) is 73.2 Å². The molecule has 19 heteroatoms. The Balaban J connectivity index is 1.39. The Labute approximate surface area is 530 Å². The van der Waals surface area contributed by atoms with Crippen LogP contribution in [0.4, 0.5) is 0 Å². The van der Waals surface area contributed by atoms with Crippen LogP contribution in [0.25, 0.3) is 0 Å². The lowest BCUT2D eigenvalue weighted by Crippen LogP contribution is -2.66.